The maximum atomic E-state index is 4.62. The summed E-state index contributed by atoms with van der Waals surface area (Å²) in [5, 5.41) is 3.42. The summed E-state index contributed by atoms with van der Waals surface area (Å²) in [5.74, 6) is 1.12. The number of pyridine rings is 1. The number of anilines is 1. The van der Waals surface area contributed by atoms with Gasteiger partial charge in [0.2, 0.25) is 0 Å². The Balaban J connectivity index is 1.84. The molecule has 4 heteroatoms. The molecule has 0 saturated carbocycles. The Hall–Kier alpha value is -1.13. The standard InChI is InChI=1S/C16H28N4/c1-4-7-19-8-10-20(11-9-19)16-6-5-15(13-18-16)12-17-14(2)3/h5-6,13-14,17H,4,7-12H2,1-3H3. The van der Waals surface area contributed by atoms with Gasteiger partial charge in [-0.05, 0) is 24.6 Å². The van der Waals surface area contributed by atoms with Crippen molar-refractivity contribution in [2.75, 3.05) is 37.6 Å². The van der Waals surface area contributed by atoms with E-state index in [2.05, 4.69) is 53.0 Å². The average Bonchev–Trinajstić information content (AvgIpc) is 2.47. The predicted octanol–water partition coefficient (Wildman–Crippen LogP) is 2.11. The van der Waals surface area contributed by atoms with Gasteiger partial charge in [-0.25, -0.2) is 4.98 Å². The number of aromatic nitrogens is 1. The van der Waals surface area contributed by atoms with Crippen molar-refractivity contribution in [3.8, 4) is 0 Å². The van der Waals surface area contributed by atoms with Gasteiger partial charge >= 0.3 is 0 Å². The molecule has 1 aliphatic rings. The SMILES string of the molecule is CCCN1CCN(c2ccc(CNC(C)C)cn2)CC1. The molecule has 20 heavy (non-hydrogen) atoms. The zero-order valence-electron chi connectivity index (χ0n) is 13.1. The monoisotopic (exact) mass is 276 g/mol. The van der Waals surface area contributed by atoms with E-state index in [1.807, 2.05) is 6.20 Å². The van der Waals surface area contributed by atoms with Crippen LogP contribution in [0.4, 0.5) is 5.82 Å². The molecule has 0 unspecified atom stereocenters. The molecule has 0 aliphatic carbocycles. The zero-order chi connectivity index (χ0) is 14.4. The molecule has 2 heterocycles. The minimum absolute atomic E-state index is 0.515. The molecule has 4 nitrogen and oxygen atoms in total. The molecule has 112 valence electrons. The van der Waals surface area contributed by atoms with Gasteiger partial charge in [-0.15, -0.1) is 0 Å². The highest BCUT2D eigenvalue weighted by Crippen LogP contribution is 2.14. The first kappa shape index (κ1) is 15.3. The third-order valence-corrected chi connectivity index (χ3v) is 3.76. The van der Waals surface area contributed by atoms with E-state index in [4.69, 9.17) is 0 Å². The Kier molecular flexibility index (Phi) is 5.80. The molecule has 1 saturated heterocycles. The van der Waals surface area contributed by atoms with E-state index in [1.54, 1.807) is 0 Å². The summed E-state index contributed by atoms with van der Waals surface area (Å²) in [6.45, 7) is 13.2. The average molecular weight is 276 g/mol. The van der Waals surface area contributed by atoms with Crippen LogP contribution in [0.2, 0.25) is 0 Å². The summed E-state index contributed by atoms with van der Waals surface area (Å²) < 4.78 is 0. The molecular weight excluding hydrogens is 248 g/mol. The van der Waals surface area contributed by atoms with E-state index in [1.165, 1.54) is 18.5 Å². The van der Waals surface area contributed by atoms with Crippen LogP contribution in [0.1, 0.15) is 32.8 Å². The summed E-state index contributed by atoms with van der Waals surface area (Å²) in [4.78, 5) is 9.55. The van der Waals surface area contributed by atoms with Crippen molar-refractivity contribution in [1.82, 2.24) is 15.2 Å². The van der Waals surface area contributed by atoms with Gasteiger partial charge in [-0.2, -0.15) is 0 Å². The molecule has 1 aliphatic heterocycles. The summed E-state index contributed by atoms with van der Waals surface area (Å²) in [6.07, 6.45) is 3.25. The van der Waals surface area contributed by atoms with Crippen LogP contribution in [0.5, 0.6) is 0 Å². The lowest BCUT2D eigenvalue weighted by Crippen LogP contribution is -2.46. The second kappa shape index (κ2) is 7.60. The molecule has 1 fully saturated rings. The Morgan fingerprint density at radius 3 is 2.50 bits per heavy atom. The second-order valence-corrected chi connectivity index (χ2v) is 5.89. The topological polar surface area (TPSA) is 31.4 Å². The molecule has 0 aromatic carbocycles. The van der Waals surface area contributed by atoms with Crippen molar-refractivity contribution < 1.29 is 0 Å². The number of hydrogen-bond acceptors (Lipinski definition) is 4. The van der Waals surface area contributed by atoms with Gasteiger partial charge < -0.3 is 10.2 Å². The maximum absolute atomic E-state index is 4.62. The van der Waals surface area contributed by atoms with Gasteiger partial charge in [-0.3, -0.25) is 4.90 Å². The van der Waals surface area contributed by atoms with E-state index >= 15 is 0 Å². The van der Waals surface area contributed by atoms with Crippen molar-refractivity contribution in [1.29, 1.82) is 0 Å². The molecule has 0 radical (unpaired) electrons. The normalized spacial score (nSPS) is 16.9. The molecule has 0 spiro atoms. The second-order valence-electron chi connectivity index (χ2n) is 5.89. The molecule has 0 amide bonds. The van der Waals surface area contributed by atoms with Gasteiger partial charge in [0.25, 0.3) is 0 Å². The summed E-state index contributed by atoms with van der Waals surface area (Å²) in [6, 6.07) is 4.87. The zero-order valence-corrected chi connectivity index (χ0v) is 13.1. The van der Waals surface area contributed by atoms with Crippen LogP contribution < -0.4 is 10.2 Å². The third-order valence-electron chi connectivity index (χ3n) is 3.76. The number of hydrogen-bond donors (Lipinski definition) is 1. The number of nitrogens with one attached hydrogen (secondary N) is 1. The number of rotatable bonds is 6. The molecule has 0 bridgehead atoms. The van der Waals surface area contributed by atoms with Crippen molar-refractivity contribution in [3.63, 3.8) is 0 Å². The highest BCUT2D eigenvalue weighted by atomic mass is 15.3. The van der Waals surface area contributed by atoms with Crippen LogP contribution in [-0.2, 0) is 6.54 Å². The van der Waals surface area contributed by atoms with Crippen LogP contribution >= 0.6 is 0 Å². The van der Waals surface area contributed by atoms with Gasteiger partial charge in [0.15, 0.2) is 0 Å². The van der Waals surface area contributed by atoms with Gasteiger partial charge in [0.1, 0.15) is 5.82 Å². The van der Waals surface area contributed by atoms with E-state index in [0.717, 1.165) is 38.5 Å². The molecule has 2 rings (SSSR count). The van der Waals surface area contributed by atoms with Crippen LogP contribution in [0, 0.1) is 0 Å². The first-order valence-corrected chi connectivity index (χ1v) is 7.84. The van der Waals surface area contributed by atoms with Crippen molar-refractivity contribution in [3.05, 3.63) is 23.9 Å². The molecule has 1 N–H and O–H groups in total. The Morgan fingerprint density at radius 2 is 1.95 bits per heavy atom. The van der Waals surface area contributed by atoms with Crippen LogP contribution in [0.3, 0.4) is 0 Å². The smallest absolute Gasteiger partial charge is 0.128 e. The minimum atomic E-state index is 0.515. The first-order valence-electron chi connectivity index (χ1n) is 7.84. The first-order chi connectivity index (χ1) is 9.69. The Bertz CT molecular complexity index is 380. The maximum Gasteiger partial charge on any atom is 0.128 e. The van der Waals surface area contributed by atoms with E-state index in [9.17, 15) is 0 Å². The Labute approximate surface area is 123 Å². The fraction of sp³-hybridized carbons (Fsp3) is 0.688. The summed E-state index contributed by atoms with van der Waals surface area (Å²) >= 11 is 0. The van der Waals surface area contributed by atoms with Crippen molar-refractivity contribution in [2.24, 2.45) is 0 Å². The highest BCUT2D eigenvalue weighted by Gasteiger charge is 2.16. The molecular formula is C16H28N4. The molecule has 1 aromatic rings. The summed E-state index contributed by atoms with van der Waals surface area (Å²) in [5.41, 5.74) is 1.26. The van der Waals surface area contributed by atoms with Crippen molar-refractivity contribution >= 4 is 5.82 Å². The van der Waals surface area contributed by atoms with Crippen molar-refractivity contribution in [2.45, 2.75) is 39.8 Å². The lowest BCUT2D eigenvalue weighted by Gasteiger charge is -2.35. The van der Waals surface area contributed by atoms with Crippen LogP contribution in [0.25, 0.3) is 0 Å². The Morgan fingerprint density at radius 1 is 1.20 bits per heavy atom. The molecule has 1 aromatic heterocycles. The van der Waals surface area contributed by atoms with E-state index in [-0.39, 0.29) is 0 Å². The fourth-order valence-corrected chi connectivity index (χ4v) is 2.55. The van der Waals surface area contributed by atoms with Gasteiger partial charge in [0.05, 0.1) is 0 Å². The van der Waals surface area contributed by atoms with E-state index in [0.29, 0.717) is 6.04 Å². The van der Waals surface area contributed by atoms with Crippen LogP contribution in [0.15, 0.2) is 18.3 Å². The lowest BCUT2D eigenvalue weighted by atomic mass is 10.2. The molecule has 0 atom stereocenters. The largest absolute Gasteiger partial charge is 0.354 e. The summed E-state index contributed by atoms with van der Waals surface area (Å²) in [7, 11) is 0. The highest BCUT2D eigenvalue weighted by molar-refractivity contribution is 5.39. The number of nitrogens with zero attached hydrogens (tertiary/aromatic N) is 3. The third kappa shape index (κ3) is 4.46. The van der Waals surface area contributed by atoms with Crippen LogP contribution in [-0.4, -0.2) is 48.6 Å². The minimum Gasteiger partial charge on any atom is -0.354 e. The number of piperazine rings is 1. The quantitative estimate of drug-likeness (QED) is 0.862. The predicted molar refractivity (Wildman–Crippen MR) is 85.2 cm³/mol. The van der Waals surface area contributed by atoms with E-state index < -0.39 is 0 Å². The lowest BCUT2D eigenvalue weighted by molar-refractivity contribution is 0.258. The fourth-order valence-electron chi connectivity index (χ4n) is 2.55. The van der Waals surface area contributed by atoms with Gasteiger partial charge in [0, 0.05) is 45.0 Å². The van der Waals surface area contributed by atoms with Gasteiger partial charge in [-0.1, -0.05) is 26.8 Å².